The molecule has 2 N–H and O–H groups in total. The molecule has 0 aromatic carbocycles. The first kappa shape index (κ1) is 11.2. The number of hydrogen-bond donors (Lipinski definition) is 2. The average molecular weight is 220 g/mol. The Morgan fingerprint density at radius 2 is 1.44 bits per heavy atom. The first-order chi connectivity index (χ1) is 7.84. The Balaban J connectivity index is 1.74. The fourth-order valence-electron chi connectivity index (χ4n) is 2.24. The van der Waals surface area contributed by atoms with E-state index >= 15 is 0 Å². The fourth-order valence-corrected chi connectivity index (χ4v) is 2.24. The smallest absolute Gasteiger partial charge is 0.315 e. The maximum atomic E-state index is 11.7. The summed E-state index contributed by atoms with van der Waals surface area (Å²) in [4.78, 5) is 11.7. The molecule has 0 spiro atoms. The number of amides is 2. The molecular formula is C13H20N2O. The van der Waals surface area contributed by atoms with Crippen LogP contribution < -0.4 is 10.6 Å². The molecule has 0 heterocycles. The minimum Gasteiger partial charge on any atom is -0.332 e. The molecule has 0 saturated heterocycles. The molecule has 0 saturated carbocycles. The molecule has 2 aliphatic rings. The fraction of sp³-hybridized carbons (Fsp3) is 0.615. The number of rotatable bonds is 2. The van der Waals surface area contributed by atoms with Crippen molar-refractivity contribution in [3.05, 3.63) is 24.3 Å². The van der Waals surface area contributed by atoms with E-state index in [2.05, 4.69) is 34.9 Å². The van der Waals surface area contributed by atoms with Gasteiger partial charge in [-0.1, -0.05) is 24.3 Å². The number of hydrogen-bond acceptors (Lipinski definition) is 1. The van der Waals surface area contributed by atoms with Crippen LogP contribution in [0.1, 0.15) is 38.5 Å². The van der Waals surface area contributed by atoms with Crippen molar-refractivity contribution in [3.8, 4) is 0 Å². The molecule has 2 aliphatic carbocycles. The van der Waals surface area contributed by atoms with Gasteiger partial charge in [-0.3, -0.25) is 0 Å². The van der Waals surface area contributed by atoms with Gasteiger partial charge in [0.1, 0.15) is 0 Å². The zero-order valence-electron chi connectivity index (χ0n) is 9.61. The predicted molar refractivity (Wildman–Crippen MR) is 65.2 cm³/mol. The van der Waals surface area contributed by atoms with Crippen LogP contribution in [0, 0.1) is 0 Å². The summed E-state index contributed by atoms with van der Waals surface area (Å²) in [6.07, 6.45) is 15.2. The summed E-state index contributed by atoms with van der Waals surface area (Å²) in [6.45, 7) is 0. The largest absolute Gasteiger partial charge is 0.332 e. The summed E-state index contributed by atoms with van der Waals surface area (Å²) in [5, 5.41) is 5.99. The minimum atomic E-state index is -0.0342. The molecule has 16 heavy (non-hydrogen) atoms. The van der Waals surface area contributed by atoms with E-state index in [0.29, 0.717) is 0 Å². The van der Waals surface area contributed by atoms with Gasteiger partial charge in [-0.2, -0.15) is 0 Å². The summed E-state index contributed by atoms with van der Waals surface area (Å²) in [6, 6.07) is 0.413. The third-order valence-corrected chi connectivity index (χ3v) is 3.14. The van der Waals surface area contributed by atoms with E-state index in [1.54, 1.807) is 0 Å². The monoisotopic (exact) mass is 220 g/mol. The van der Waals surface area contributed by atoms with Gasteiger partial charge < -0.3 is 10.6 Å². The Bertz CT molecular complexity index is 268. The normalized spacial score (nSPS) is 28.8. The summed E-state index contributed by atoms with van der Waals surface area (Å²) in [5.74, 6) is 0. The molecular weight excluding hydrogens is 200 g/mol. The Kier molecular flexibility index (Phi) is 4.03. The van der Waals surface area contributed by atoms with E-state index in [4.69, 9.17) is 0 Å². The topological polar surface area (TPSA) is 41.1 Å². The van der Waals surface area contributed by atoms with E-state index in [1.807, 2.05) is 0 Å². The second-order valence-electron chi connectivity index (χ2n) is 4.55. The highest BCUT2D eigenvalue weighted by Crippen LogP contribution is 2.11. The molecule has 3 nitrogen and oxygen atoms in total. The summed E-state index contributed by atoms with van der Waals surface area (Å²) in [5.41, 5.74) is 0. The molecule has 2 amide bonds. The van der Waals surface area contributed by atoms with Crippen molar-refractivity contribution in [2.24, 2.45) is 0 Å². The second kappa shape index (κ2) is 5.73. The molecule has 2 atom stereocenters. The van der Waals surface area contributed by atoms with Crippen molar-refractivity contribution in [1.82, 2.24) is 10.6 Å². The van der Waals surface area contributed by atoms with Crippen molar-refractivity contribution in [2.75, 3.05) is 0 Å². The van der Waals surface area contributed by atoms with Crippen molar-refractivity contribution < 1.29 is 4.79 Å². The lowest BCUT2D eigenvalue weighted by Crippen LogP contribution is -2.45. The molecule has 2 rings (SSSR count). The van der Waals surface area contributed by atoms with Crippen LogP contribution in [0.2, 0.25) is 0 Å². The van der Waals surface area contributed by atoms with Gasteiger partial charge in [0, 0.05) is 12.1 Å². The third-order valence-electron chi connectivity index (χ3n) is 3.14. The van der Waals surface area contributed by atoms with Crippen LogP contribution in [0.15, 0.2) is 24.3 Å². The molecule has 0 aliphatic heterocycles. The number of carbonyl (C=O) groups excluding carboxylic acids is 1. The maximum absolute atomic E-state index is 11.7. The zero-order chi connectivity index (χ0) is 11.2. The zero-order valence-corrected chi connectivity index (χ0v) is 9.61. The molecule has 88 valence electrons. The Labute approximate surface area is 97.0 Å². The highest BCUT2D eigenvalue weighted by atomic mass is 16.2. The first-order valence-corrected chi connectivity index (χ1v) is 6.25. The summed E-state index contributed by atoms with van der Waals surface area (Å²) < 4.78 is 0. The van der Waals surface area contributed by atoms with Crippen LogP contribution in [-0.2, 0) is 0 Å². The minimum absolute atomic E-state index is 0.0342. The number of nitrogens with one attached hydrogen (secondary N) is 2. The van der Waals surface area contributed by atoms with Crippen LogP contribution in [0.3, 0.4) is 0 Å². The lowest BCUT2D eigenvalue weighted by molar-refractivity contribution is 0.235. The summed E-state index contributed by atoms with van der Waals surface area (Å²) in [7, 11) is 0. The third kappa shape index (κ3) is 3.40. The maximum Gasteiger partial charge on any atom is 0.315 e. The first-order valence-electron chi connectivity index (χ1n) is 6.25. The molecule has 3 heteroatoms. The quantitative estimate of drug-likeness (QED) is 0.690. The van der Waals surface area contributed by atoms with Crippen LogP contribution in [0.4, 0.5) is 4.79 Å². The van der Waals surface area contributed by atoms with Gasteiger partial charge >= 0.3 is 6.03 Å². The molecule has 0 bridgehead atoms. The van der Waals surface area contributed by atoms with Gasteiger partial charge in [0.25, 0.3) is 0 Å². The van der Waals surface area contributed by atoms with Gasteiger partial charge in [-0.15, -0.1) is 0 Å². The lowest BCUT2D eigenvalue weighted by atomic mass is 10.0. The van der Waals surface area contributed by atoms with Crippen LogP contribution in [0.25, 0.3) is 0 Å². The Morgan fingerprint density at radius 1 is 0.938 bits per heavy atom. The van der Waals surface area contributed by atoms with Crippen molar-refractivity contribution in [3.63, 3.8) is 0 Å². The number of allylic oxidation sites excluding steroid dienone is 2. The Morgan fingerprint density at radius 3 is 1.81 bits per heavy atom. The van der Waals surface area contributed by atoms with E-state index in [9.17, 15) is 4.79 Å². The van der Waals surface area contributed by atoms with Crippen LogP contribution in [-0.4, -0.2) is 18.1 Å². The molecule has 0 radical (unpaired) electrons. The van der Waals surface area contributed by atoms with Gasteiger partial charge in [-0.25, -0.2) is 4.79 Å². The van der Waals surface area contributed by atoms with Crippen molar-refractivity contribution in [2.45, 2.75) is 50.6 Å². The summed E-state index contributed by atoms with van der Waals surface area (Å²) >= 11 is 0. The molecule has 0 fully saturated rings. The van der Waals surface area contributed by atoms with E-state index < -0.39 is 0 Å². The SMILES string of the molecule is O=C(N[C@H]1C=CCCC1)N[C@H]1C=CCCC1. The predicted octanol–water partition coefficient (Wildman–Crippen LogP) is 2.50. The number of carbonyl (C=O) groups is 1. The van der Waals surface area contributed by atoms with E-state index in [-0.39, 0.29) is 18.1 Å². The molecule has 0 unspecified atom stereocenters. The van der Waals surface area contributed by atoms with Crippen molar-refractivity contribution in [1.29, 1.82) is 0 Å². The highest BCUT2D eigenvalue weighted by molar-refractivity contribution is 5.75. The molecule has 0 aromatic rings. The van der Waals surface area contributed by atoms with E-state index in [1.165, 1.54) is 12.8 Å². The van der Waals surface area contributed by atoms with Crippen LogP contribution >= 0.6 is 0 Å². The lowest BCUT2D eigenvalue weighted by Gasteiger charge is -2.22. The van der Waals surface area contributed by atoms with Crippen LogP contribution in [0.5, 0.6) is 0 Å². The van der Waals surface area contributed by atoms with Crippen molar-refractivity contribution >= 4 is 6.03 Å². The van der Waals surface area contributed by atoms with Gasteiger partial charge in [-0.05, 0) is 38.5 Å². The Hall–Kier alpha value is -1.25. The van der Waals surface area contributed by atoms with Gasteiger partial charge in [0.15, 0.2) is 0 Å². The highest BCUT2D eigenvalue weighted by Gasteiger charge is 2.14. The average Bonchev–Trinajstić information content (AvgIpc) is 2.31. The van der Waals surface area contributed by atoms with Gasteiger partial charge in [0.2, 0.25) is 0 Å². The van der Waals surface area contributed by atoms with E-state index in [0.717, 1.165) is 25.7 Å². The second-order valence-corrected chi connectivity index (χ2v) is 4.55. The molecule has 0 aromatic heterocycles. The van der Waals surface area contributed by atoms with Gasteiger partial charge in [0.05, 0.1) is 0 Å². The standard InChI is InChI=1S/C13H20N2O/c16-13(14-11-7-3-1-4-8-11)15-12-9-5-2-6-10-12/h3,5,7,9,11-12H,1-2,4,6,8,10H2,(H2,14,15,16)/t11-,12-/m0/s1. The number of urea groups is 1.